The maximum absolute atomic E-state index is 11.9. The molecule has 0 aliphatic heterocycles. The topological polar surface area (TPSA) is 81.4 Å². The molecule has 0 radical (unpaired) electrons. The third kappa shape index (κ3) is 4.35. The average molecular weight is 278 g/mol. The number of benzene rings is 1. The van der Waals surface area contributed by atoms with E-state index in [-0.39, 0.29) is 18.0 Å². The highest BCUT2D eigenvalue weighted by Gasteiger charge is 2.25. The molecule has 5 heteroatoms. The van der Waals surface area contributed by atoms with E-state index in [1.54, 1.807) is 45.0 Å². The molecule has 1 aromatic rings. The van der Waals surface area contributed by atoms with Crippen molar-refractivity contribution in [3.63, 3.8) is 0 Å². The second-order valence-electron chi connectivity index (χ2n) is 5.26. The molecule has 5 nitrogen and oxygen atoms in total. The summed E-state index contributed by atoms with van der Waals surface area (Å²) in [6, 6.07) is 6.53. The number of anilines is 1. The molecule has 0 fully saturated rings. The number of nitrogens with two attached hydrogens (primary N) is 1. The Bertz CT molecular complexity index is 478. The predicted octanol–water partition coefficient (Wildman–Crippen LogP) is 2.32. The lowest BCUT2D eigenvalue weighted by Crippen LogP contribution is -2.47. The quantitative estimate of drug-likeness (QED) is 0.810. The van der Waals surface area contributed by atoms with E-state index in [4.69, 9.17) is 10.5 Å². The molecule has 1 unspecified atom stereocenters. The van der Waals surface area contributed by atoms with E-state index in [9.17, 15) is 9.59 Å². The first-order valence-electron chi connectivity index (χ1n) is 6.67. The summed E-state index contributed by atoms with van der Waals surface area (Å²) in [6.45, 7) is 7.11. The highest BCUT2D eigenvalue weighted by atomic mass is 16.5. The van der Waals surface area contributed by atoms with Crippen molar-refractivity contribution in [2.24, 2.45) is 5.73 Å². The first kappa shape index (κ1) is 16.2. The molecule has 3 N–H and O–H groups in total. The van der Waals surface area contributed by atoms with E-state index in [2.05, 4.69) is 5.32 Å². The number of hydrogen-bond donors (Lipinski definition) is 2. The van der Waals surface area contributed by atoms with Crippen LogP contribution in [0.2, 0.25) is 0 Å². The van der Waals surface area contributed by atoms with Crippen LogP contribution in [0.25, 0.3) is 0 Å². The van der Waals surface area contributed by atoms with Gasteiger partial charge in [-0.15, -0.1) is 0 Å². The van der Waals surface area contributed by atoms with Gasteiger partial charge in [-0.2, -0.15) is 0 Å². The molecular weight excluding hydrogens is 256 g/mol. The van der Waals surface area contributed by atoms with Gasteiger partial charge in [0.05, 0.1) is 17.2 Å². The molecular formula is C15H22N2O3. The Labute approximate surface area is 119 Å². The van der Waals surface area contributed by atoms with Crippen LogP contribution in [-0.2, 0) is 9.53 Å². The summed E-state index contributed by atoms with van der Waals surface area (Å²) in [5.74, 6) is -0.632. The van der Waals surface area contributed by atoms with Crippen LogP contribution in [0.3, 0.4) is 0 Å². The first-order valence-corrected chi connectivity index (χ1v) is 6.67. The number of carbonyl (C=O) groups is 2. The molecule has 0 bridgehead atoms. The number of ether oxygens (including phenoxy) is 1. The summed E-state index contributed by atoms with van der Waals surface area (Å²) < 4.78 is 5.08. The lowest BCUT2D eigenvalue weighted by atomic mass is 9.99. The molecule has 0 saturated carbocycles. The lowest BCUT2D eigenvalue weighted by Gasteiger charge is -2.21. The molecule has 1 aromatic carbocycles. The van der Waals surface area contributed by atoms with Crippen LogP contribution >= 0.6 is 0 Å². The Balaban J connectivity index is 2.73. The molecule has 0 heterocycles. The van der Waals surface area contributed by atoms with E-state index in [1.165, 1.54) is 0 Å². The number of carbonyl (C=O) groups excluding carboxylic acids is 2. The summed E-state index contributed by atoms with van der Waals surface area (Å²) in [7, 11) is 0. The van der Waals surface area contributed by atoms with Gasteiger partial charge in [0.1, 0.15) is 0 Å². The molecule has 0 aliphatic rings. The fourth-order valence-corrected chi connectivity index (χ4v) is 1.41. The van der Waals surface area contributed by atoms with Gasteiger partial charge in [-0.3, -0.25) is 4.79 Å². The van der Waals surface area contributed by atoms with Crippen LogP contribution in [0, 0.1) is 0 Å². The summed E-state index contributed by atoms with van der Waals surface area (Å²) >= 11 is 0. The number of hydrogen-bond acceptors (Lipinski definition) is 4. The summed E-state index contributed by atoms with van der Waals surface area (Å²) in [5, 5.41) is 2.72. The van der Waals surface area contributed by atoms with E-state index < -0.39 is 5.54 Å². The minimum atomic E-state index is -0.907. The number of nitrogens with one attached hydrogen (secondary N) is 1. The van der Waals surface area contributed by atoms with E-state index >= 15 is 0 Å². The van der Waals surface area contributed by atoms with Gasteiger partial charge in [0.15, 0.2) is 0 Å². The van der Waals surface area contributed by atoms with Gasteiger partial charge in [-0.05, 0) is 51.5 Å². The highest BCUT2D eigenvalue weighted by molar-refractivity contribution is 5.98. The molecule has 110 valence electrons. The van der Waals surface area contributed by atoms with Crippen LogP contribution in [0.5, 0.6) is 0 Å². The zero-order valence-electron chi connectivity index (χ0n) is 12.4. The minimum absolute atomic E-state index is 0.163. The van der Waals surface area contributed by atoms with E-state index in [1.807, 2.05) is 6.92 Å². The monoisotopic (exact) mass is 278 g/mol. The largest absolute Gasteiger partial charge is 0.459 e. The predicted molar refractivity (Wildman–Crippen MR) is 78.5 cm³/mol. The van der Waals surface area contributed by atoms with Crippen LogP contribution in [0.15, 0.2) is 24.3 Å². The highest BCUT2D eigenvalue weighted by Crippen LogP contribution is 2.14. The standard InChI is InChI=1S/C15H22N2O3/c1-5-15(4,16)14(19)17-12-8-6-11(7-9-12)13(18)20-10(2)3/h6-10H,5,16H2,1-4H3,(H,17,19). The van der Waals surface area contributed by atoms with Gasteiger partial charge in [-0.25, -0.2) is 4.79 Å². The zero-order chi connectivity index (χ0) is 15.3. The first-order chi connectivity index (χ1) is 9.26. The van der Waals surface area contributed by atoms with Crippen LogP contribution in [0.1, 0.15) is 44.5 Å². The summed E-state index contributed by atoms with van der Waals surface area (Å²) in [5.41, 5.74) is 5.99. The van der Waals surface area contributed by atoms with Gasteiger partial charge in [-0.1, -0.05) is 6.92 Å². The molecule has 20 heavy (non-hydrogen) atoms. The van der Waals surface area contributed by atoms with Crippen molar-refractivity contribution < 1.29 is 14.3 Å². The van der Waals surface area contributed by atoms with Crippen LogP contribution in [0.4, 0.5) is 5.69 Å². The second kappa shape index (κ2) is 6.52. The third-order valence-corrected chi connectivity index (χ3v) is 2.97. The van der Waals surface area contributed by atoms with Crippen LogP contribution in [-0.4, -0.2) is 23.5 Å². The normalized spacial score (nSPS) is 13.7. The zero-order valence-corrected chi connectivity index (χ0v) is 12.4. The molecule has 1 amide bonds. The van der Waals surface area contributed by atoms with Crippen molar-refractivity contribution in [3.8, 4) is 0 Å². The molecule has 0 aliphatic carbocycles. The molecule has 1 rings (SSSR count). The van der Waals surface area contributed by atoms with Gasteiger partial charge >= 0.3 is 5.97 Å². The molecule has 1 atom stereocenters. The Morgan fingerprint density at radius 1 is 1.30 bits per heavy atom. The van der Waals surface area contributed by atoms with Crippen molar-refractivity contribution in [2.45, 2.75) is 45.8 Å². The van der Waals surface area contributed by atoms with Crippen molar-refractivity contribution in [2.75, 3.05) is 5.32 Å². The van der Waals surface area contributed by atoms with Crippen molar-refractivity contribution in [1.29, 1.82) is 0 Å². The van der Waals surface area contributed by atoms with Gasteiger partial charge in [0.2, 0.25) is 5.91 Å². The van der Waals surface area contributed by atoms with Crippen molar-refractivity contribution in [3.05, 3.63) is 29.8 Å². The number of amides is 1. The summed E-state index contributed by atoms with van der Waals surface area (Å²) in [6.07, 6.45) is 0.377. The maximum atomic E-state index is 11.9. The Hall–Kier alpha value is -1.88. The van der Waals surface area contributed by atoms with Crippen LogP contribution < -0.4 is 11.1 Å². The van der Waals surface area contributed by atoms with Crippen molar-refractivity contribution >= 4 is 17.6 Å². The molecule has 0 spiro atoms. The smallest absolute Gasteiger partial charge is 0.338 e. The number of rotatable bonds is 5. The summed E-state index contributed by atoms with van der Waals surface area (Å²) in [4.78, 5) is 23.6. The second-order valence-corrected chi connectivity index (χ2v) is 5.26. The van der Waals surface area contributed by atoms with E-state index in [0.29, 0.717) is 17.7 Å². The van der Waals surface area contributed by atoms with Gasteiger partial charge < -0.3 is 15.8 Å². The Kier molecular flexibility index (Phi) is 5.27. The lowest BCUT2D eigenvalue weighted by molar-refractivity contribution is -0.120. The fraction of sp³-hybridized carbons (Fsp3) is 0.467. The Morgan fingerprint density at radius 3 is 2.30 bits per heavy atom. The number of esters is 1. The third-order valence-electron chi connectivity index (χ3n) is 2.97. The SMILES string of the molecule is CCC(C)(N)C(=O)Nc1ccc(C(=O)OC(C)C)cc1. The van der Waals surface area contributed by atoms with E-state index in [0.717, 1.165) is 0 Å². The van der Waals surface area contributed by atoms with Gasteiger partial charge in [0, 0.05) is 5.69 Å². The Morgan fingerprint density at radius 2 is 1.85 bits per heavy atom. The minimum Gasteiger partial charge on any atom is -0.459 e. The molecule has 0 aromatic heterocycles. The van der Waals surface area contributed by atoms with Gasteiger partial charge in [0.25, 0.3) is 0 Å². The average Bonchev–Trinajstić information content (AvgIpc) is 2.38. The fourth-order valence-electron chi connectivity index (χ4n) is 1.41. The maximum Gasteiger partial charge on any atom is 0.338 e. The van der Waals surface area contributed by atoms with Crippen molar-refractivity contribution in [1.82, 2.24) is 0 Å². The molecule has 0 saturated heterocycles.